The fraction of sp³-hybridized carbons (Fsp3) is 0.250. The second kappa shape index (κ2) is 11.3. The highest BCUT2D eigenvalue weighted by Gasteiger charge is 2.18. The Kier molecular flexibility index (Phi) is 7.97. The molecule has 2 N–H and O–H groups in total. The Balaban J connectivity index is 1.72. The van der Waals surface area contributed by atoms with Gasteiger partial charge in [0.1, 0.15) is 41.9 Å². The van der Waals surface area contributed by atoms with Gasteiger partial charge in [0.15, 0.2) is 0 Å². The van der Waals surface area contributed by atoms with Crippen molar-refractivity contribution in [2.24, 2.45) is 5.73 Å². The molecule has 4 rings (SSSR count). The van der Waals surface area contributed by atoms with Gasteiger partial charge in [-0.15, -0.1) is 0 Å². The molecular weight excluding hydrogens is 468 g/mol. The van der Waals surface area contributed by atoms with Crippen molar-refractivity contribution < 1.29 is 32.2 Å². The zero-order chi connectivity index (χ0) is 25.7. The molecule has 1 heterocycles. The molecule has 0 unspecified atom stereocenters. The minimum atomic E-state index is -0.492. The summed E-state index contributed by atoms with van der Waals surface area (Å²) in [6.45, 7) is 2.32. The second-order valence-corrected chi connectivity index (χ2v) is 8.21. The second-order valence-electron chi connectivity index (χ2n) is 8.21. The van der Waals surface area contributed by atoms with Crippen LogP contribution >= 0.6 is 0 Å². The number of fused-ring (bicyclic) bond motifs is 1. The number of esters is 1. The lowest BCUT2D eigenvalue weighted by molar-refractivity contribution is -0.142. The first-order valence-corrected chi connectivity index (χ1v) is 11.5. The summed E-state index contributed by atoms with van der Waals surface area (Å²) >= 11 is 0. The number of methoxy groups -OCH3 is 1. The van der Waals surface area contributed by atoms with Gasteiger partial charge < -0.3 is 24.4 Å². The number of carbonyl (C=O) groups is 1. The summed E-state index contributed by atoms with van der Waals surface area (Å²) in [5, 5.41) is 0.738. The van der Waals surface area contributed by atoms with Crippen molar-refractivity contribution in [3.63, 3.8) is 0 Å². The number of nitrogens with two attached hydrogens (primary N) is 1. The molecule has 188 valence electrons. The monoisotopic (exact) mass is 495 g/mol. The number of hydrogen-bond acceptors (Lipinski definition) is 6. The largest absolute Gasteiger partial charge is 0.488 e. The number of carbonyl (C=O) groups excluding carboxylic acids is 1. The normalized spacial score (nSPS) is 11.1. The summed E-state index contributed by atoms with van der Waals surface area (Å²) in [6, 6.07) is 14.5. The molecule has 0 saturated heterocycles. The first-order valence-electron chi connectivity index (χ1n) is 11.5. The average Bonchev–Trinajstić information content (AvgIpc) is 3.27. The van der Waals surface area contributed by atoms with Crippen LogP contribution in [0.2, 0.25) is 0 Å². The van der Waals surface area contributed by atoms with Gasteiger partial charge in [-0.05, 0) is 36.8 Å². The van der Waals surface area contributed by atoms with Crippen LogP contribution in [-0.2, 0) is 40.4 Å². The molecule has 0 bridgehead atoms. The fourth-order valence-corrected chi connectivity index (χ4v) is 4.05. The highest BCUT2D eigenvalue weighted by Crippen LogP contribution is 2.35. The Morgan fingerprint density at radius 3 is 2.58 bits per heavy atom. The van der Waals surface area contributed by atoms with Crippen molar-refractivity contribution in [1.29, 1.82) is 0 Å². The number of hydrogen-bond donors (Lipinski definition) is 1. The van der Waals surface area contributed by atoms with Crippen molar-refractivity contribution in [2.45, 2.75) is 33.1 Å². The van der Waals surface area contributed by atoms with Gasteiger partial charge in [0.05, 0.1) is 13.0 Å². The number of furan rings is 1. The third kappa shape index (κ3) is 5.56. The van der Waals surface area contributed by atoms with Crippen LogP contribution in [0, 0.1) is 11.6 Å². The maximum atomic E-state index is 15.2. The van der Waals surface area contributed by atoms with Gasteiger partial charge in [-0.3, -0.25) is 4.79 Å². The third-order valence-electron chi connectivity index (χ3n) is 5.67. The van der Waals surface area contributed by atoms with Gasteiger partial charge in [0.25, 0.3) is 0 Å². The molecule has 0 saturated carbocycles. The summed E-state index contributed by atoms with van der Waals surface area (Å²) in [6.07, 6.45) is -0.0487. The van der Waals surface area contributed by atoms with Crippen LogP contribution in [0.1, 0.15) is 29.4 Å². The van der Waals surface area contributed by atoms with E-state index in [1.54, 1.807) is 38.3 Å². The van der Waals surface area contributed by atoms with E-state index in [1.165, 1.54) is 18.2 Å². The molecule has 3 aromatic carbocycles. The summed E-state index contributed by atoms with van der Waals surface area (Å²) < 4.78 is 51.3. The summed E-state index contributed by atoms with van der Waals surface area (Å²) in [7, 11) is 1.56. The molecule has 8 heteroatoms. The first-order chi connectivity index (χ1) is 17.4. The molecule has 36 heavy (non-hydrogen) atoms. The molecule has 0 radical (unpaired) electrons. The van der Waals surface area contributed by atoms with E-state index in [1.807, 2.05) is 12.1 Å². The first kappa shape index (κ1) is 25.3. The van der Waals surface area contributed by atoms with Gasteiger partial charge in [0, 0.05) is 47.4 Å². The van der Waals surface area contributed by atoms with Crippen LogP contribution < -0.4 is 10.5 Å². The zero-order valence-electron chi connectivity index (χ0n) is 20.1. The Hall–Kier alpha value is -3.75. The van der Waals surface area contributed by atoms with E-state index in [2.05, 4.69) is 0 Å². The Bertz CT molecular complexity index is 1380. The molecule has 1 aromatic heterocycles. The van der Waals surface area contributed by atoms with Crippen LogP contribution in [0.4, 0.5) is 8.78 Å². The lowest BCUT2D eigenvalue weighted by atomic mass is 9.98. The smallest absolute Gasteiger partial charge is 0.310 e. The minimum absolute atomic E-state index is 0.0468. The van der Waals surface area contributed by atoms with E-state index in [9.17, 15) is 9.18 Å². The number of rotatable bonds is 10. The van der Waals surface area contributed by atoms with Crippen LogP contribution in [-0.4, -0.2) is 19.7 Å². The van der Waals surface area contributed by atoms with E-state index in [-0.39, 0.29) is 38.5 Å². The lowest BCUT2D eigenvalue weighted by Crippen LogP contribution is -2.09. The zero-order valence-corrected chi connectivity index (χ0v) is 20.1. The Morgan fingerprint density at radius 2 is 1.83 bits per heavy atom. The SMILES string of the molecule is CCOC(=O)Cc1ccc(F)cc1OCc1cc(-c2cccc(CN)c2F)c2oc(COC)cc2c1. The molecule has 6 nitrogen and oxygen atoms in total. The highest BCUT2D eigenvalue weighted by atomic mass is 19.1. The average molecular weight is 496 g/mol. The summed E-state index contributed by atoms with van der Waals surface area (Å²) in [5.41, 5.74) is 8.69. The fourth-order valence-electron chi connectivity index (χ4n) is 4.05. The Labute approximate surface area is 207 Å². The molecule has 0 spiro atoms. The highest BCUT2D eigenvalue weighted by molar-refractivity contribution is 5.94. The Morgan fingerprint density at radius 1 is 1.00 bits per heavy atom. The van der Waals surface area contributed by atoms with E-state index in [0.29, 0.717) is 39.2 Å². The van der Waals surface area contributed by atoms with Crippen LogP contribution in [0.25, 0.3) is 22.1 Å². The van der Waals surface area contributed by atoms with Gasteiger partial charge in [-0.1, -0.05) is 24.3 Å². The van der Waals surface area contributed by atoms with E-state index >= 15 is 4.39 Å². The maximum absolute atomic E-state index is 15.2. The summed E-state index contributed by atoms with van der Waals surface area (Å²) in [4.78, 5) is 12.0. The quantitative estimate of drug-likeness (QED) is 0.286. The number of ether oxygens (including phenoxy) is 3. The predicted octanol–water partition coefficient (Wildman–Crippen LogP) is 5.67. The molecule has 0 aliphatic carbocycles. The third-order valence-corrected chi connectivity index (χ3v) is 5.67. The molecule has 0 fully saturated rings. The van der Waals surface area contributed by atoms with Crippen LogP contribution in [0.15, 0.2) is 59.0 Å². The van der Waals surface area contributed by atoms with Crippen LogP contribution in [0.3, 0.4) is 0 Å². The van der Waals surface area contributed by atoms with Gasteiger partial charge >= 0.3 is 5.97 Å². The molecule has 0 amide bonds. The summed E-state index contributed by atoms with van der Waals surface area (Å²) in [5.74, 6) is -0.534. The minimum Gasteiger partial charge on any atom is -0.488 e. The molecule has 0 aliphatic rings. The van der Waals surface area contributed by atoms with Crippen molar-refractivity contribution in [1.82, 2.24) is 0 Å². The number of halogens is 2. The number of benzene rings is 3. The molecule has 0 aliphatic heterocycles. The standard InChI is InChI=1S/C28H27F2NO5/c1-3-34-26(32)12-18-7-8-21(29)13-25(18)35-15-17-9-20-11-22(16-33-2)36-28(20)24(10-17)23-6-4-5-19(14-31)27(23)30/h4-11,13H,3,12,14-16,31H2,1-2H3. The lowest BCUT2D eigenvalue weighted by Gasteiger charge is -2.13. The van der Waals surface area contributed by atoms with Crippen molar-refractivity contribution in [3.8, 4) is 16.9 Å². The molecule has 4 aromatic rings. The van der Waals surface area contributed by atoms with E-state index < -0.39 is 17.6 Å². The van der Waals surface area contributed by atoms with Gasteiger partial charge in [-0.2, -0.15) is 0 Å². The van der Waals surface area contributed by atoms with Crippen molar-refractivity contribution in [3.05, 3.63) is 88.7 Å². The van der Waals surface area contributed by atoms with Crippen molar-refractivity contribution in [2.75, 3.05) is 13.7 Å². The van der Waals surface area contributed by atoms with Crippen molar-refractivity contribution >= 4 is 16.9 Å². The van der Waals surface area contributed by atoms with E-state index in [4.69, 9.17) is 24.4 Å². The topological polar surface area (TPSA) is 83.9 Å². The van der Waals surface area contributed by atoms with Gasteiger partial charge in [0.2, 0.25) is 0 Å². The molecule has 0 atom stereocenters. The predicted molar refractivity (Wildman–Crippen MR) is 131 cm³/mol. The maximum Gasteiger partial charge on any atom is 0.310 e. The van der Waals surface area contributed by atoms with Crippen LogP contribution in [0.5, 0.6) is 5.75 Å². The van der Waals surface area contributed by atoms with E-state index in [0.717, 1.165) is 5.39 Å². The molecular formula is C28H27F2NO5. The van der Waals surface area contributed by atoms with Gasteiger partial charge in [-0.25, -0.2) is 8.78 Å².